The van der Waals surface area contributed by atoms with Crippen LogP contribution in [0.25, 0.3) is 0 Å². The number of hydrogen-bond acceptors (Lipinski definition) is 3. The van der Waals surface area contributed by atoms with E-state index in [2.05, 4.69) is 4.74 Å². The van der Waals surface area contributed by atoms with Gasteiger partial charge in [-0.3, -0.25) is 4.79 Å². The molecule has 88 valence electrons. The number of carbonyl (C=O) groups is 1. The number of carbonyl (C=O) groups excluding carboxylic acids is 1. The van der Waals surface area contributed by atoms with Gasteiger partial charge in [0.25, 0.3) is 0 Å². The van der Waals surface area contributed by atoms with Crippen LogP contribution in [-0.2, 0) is 14.3 Å². The van der Waals surface area contributed by atoms with Gasteiger partial charge in [-0.15, -0.1) is 0 Å². The molecule has 1 rings (SSSR count). The van der Waals surface area contributed by atoms with Crippen LogP contribution in [0.4, 0.5) is 0 Å². The van der Waals surface area contributed by atoms with Gasteiger partial charge < -0.3 is 9.47 Å². The lowest BCUT2D eigenvalue weighted by Crippen LogP contribution is -2.35. The van der Waals surface area contributed by atoms with Crippen molar-refractivity contribution >= 4 is 5.97 Å². The molecule has 0 aromatic carbocycles. The summed E-state index contributed by atoms with van der Waals surface area (Å²) in [5, 5.41) is 0. The first-order valence-corrected chi connectivity index (χ1v) is 5.93. The van der Waals surface area contributed by atoms with Crippen LogP contribution in [-0.4, -0.2) is 25.3 Å². The molecule has 0 aromatic rings. The molecule has 0 spiro atoms. The highest BCUT2D eigenvalue weighted by Crippen LogP contribution is 2.35. The van der Waals surface area contributed by atoms with E-state index in [0.717, 1.165) is 25.9 Å². The summed E-state index contributed by atoms with van der Waals surface area (Å²) in [7, 11) is 1.44. The van der Waals surface area contributed by atoms with Gasteiger partial charge in [-0.25, -0.2) is 0 Å². The molecule has 3 nitrogen and oxygen atoms in total. The van der Waals surface area contributed by atoms with Crippen LogP contribution < -0.4 is 0 Å². The fourth-order valence-corrected chi connectivity index (χ4v) is 2.40. The molecule has 0 saturated heterocycles. The number of hydrogen-bond donors (Lipinski definition) is 0. The second kappa shape index (κ2) is 6.11. The summed E-state index contributed by atoms with van der Waals surface area (Å²) >= 11 is 0. The monoisotopic (exact) mass is 214 g/mol. The molecule has 0 bridgehead atoms. The molecule has 1 aliphatic rings. The lowest BCUT2D eigenvalue weighted by molar-refractivity contribution is -0.143. The van der Waals surface area contributed by atoms with E-state index in [0.29, 0.717) is 6.42 Å². The Bertz CT molecular complexity index is 190. The molecule has 0 atom stereocenters. The van der Waals surface area contributed by atoms with Gasteiger partial charge in [0.05, 0.1) is 12.7 Å². The average Bonchev–Trinajstić information content (AvgIpc) is 2.28. The van der Waals surface area contributed by atoms with E-state index in [4.69, 9.17) is 4.74 Å². The van der Waals surface area contributed by atoms with Crippen molar-refractivity contribution in [3.05, 3.63) is 0 Å². The summed E-state index contributed by atoms with van der Waals surface area (Å²) in [6.45, 7) is 2.76. The van der Waals surface area contributed by atoms with Gasteiger partial charge >= 0.3 is 5.97 Å². The first-order chi connectivity index (χ1) is 7.22. The number of rotatable bonds is 5. The Morgan fingerprint density at radius 1 is 1.27 bits per heavy atom. The minimum atomic E-state index is -0.125. The van der Waals surface area contributed by atoms with E-state index in [-0.39, 0.29) is 11.6 Å². The fourth-order valence-electron chi connectivity index (χ4n) is 2.40. The standard InChI is InChI=1S/C12H22O3/c1-3-15-12(8-5-4-6-9-12)10-7-11(13)14-2/h3-10H2,1-2H3. The van der Waals surface area contributed by atoms with Crippen LogP contribution in [0.2, 0.25) is 0 Å². The second-order valence-electron chi connectivity index (χ2n) is 4.25. The van der Waals surface area contributed by atoms with Gasteiger partial charge in [-0.1, -0.05) is 19.3 Å². The molecule has 3 heteroatoms. The molecule has 0 aliphatic heterocycles. The Hall–Kier alpha value is -0.570. The first kappa shape index (κ1) is 12.5. The summed E-state index contributed by atoms with van der Waals surface area (Å²) in [4.78, 5) is 11.1. The van der Waals surface area contributed by atoms with Gasteiger partial charge in [0, 0.05) is 13.0 Å². The summed E-state index contributed by atoms with van der Waals surface area (Å²) in [5.41, 5.74) is -0.0405. The van der Waals surface area contributed by atoms with Crippen molar-refractivity contribution in [2.75, 3.05) is 13.7 Å². The number of esters is 1. The minimum absolute atomic E-state index is 0.0405. The predicted octanol–water partition coefficient (Wildman–Crippen LogP) is 2.68. The molecule has 1 saturated carbocycles. The Morgan fingerprint density at radius 3 is 2.47 bits per heavy atom. The first-order valence-electron chi connectivity index (χ1n) is 5.93. The molecular weight excluding hydrogens is 192 g/mol. The maximum absolute atomic E-state index is 11.1. The topological polar surface area (TPSA) is 35.5 Å². The highest BCUT2D eigenvalue weighted by Gasteiger charge is 2.32. The SMILES string of the molecule is CCOC1(CCC(=O)OC)CCCCC1. The van der Waals surface area contributed by atoms with Gasteiger partial charge in [0.2, 0.25) is 0 Å². The Kier molecular flexibility index (Phi) is 5.09. The Balaban J connectivity index is 2.44. The summed E-state index contributed by atoms with van der Waals surface area (Å²) < 4.78 is 10.5. The highest BCUT2D eigenvalue weighted by atomic mass is 16.5. The fraction of sp³-hybridized carbons (Fsp3) is 0.917. The van der Waals surface area contributed by atoms with Crippen LogP contribution in [0.1, 0.15) is 51.9 Å². The molecule has 0 radical (unpaired) electrons. The van der Waals surface area contributed by atoms with E-state index in [1.807, 2.05) is 6.92 Å². The highest BCUT2D eigenvalue weighted by molar-refractivity contribution is 5.69. The van der Waals surface area contributed by atoms with Crippen LogP contribution in [0, 0.1) is 0 Å². The number of ether oxygens (including phenoxy) is 2. The minimum Gasteiger partial charge on any atom is -0.469 e. The summed E-state index contributed by atoms with van der Waals surface area (Å²) in [6.07, 6.45) is 7.23. The summed E-state index contributed by atoms with van der Waals surface area (Å²) in [6, 6.07) is 0. The maximum Gasteiger partial charge on any atom is 0.305 e. The van der Waals surface area contributed by atoms with Crippen molar-refractivity contribution in [2.24, 2.45) is 0 Å². The molecular formula is C12H22O3. The molecule has 15 heavy (non-hydrogen) atoms. The third kappa shape index (κ3) is 3.82. The normalized spacial score (nSPS) is 19.9. The van der Waals surface area contributed by atoms with Crippen molar-refractivity contribution in [1.29, 1.82) is 0 Å². The van der Waals surface area contributed by atoms with Gasteiger partial charge in [0.1, 0.15) is 0 Å². The third-order valence-electron chi connectivity index (χ3n) is 3.23. The van der Waals surface area contributed by atoms with E-state index in [1.165, 1.54) is 26.4 Å². The van der Waals surface area contributed by atoms with E-state index < -0.39 is 0 Å². The van der Waals surface area contributed by atoms with Crippen molar-refractivity contribution in [1.82, 2.24) is 0 Å². The lowest BCUT2D eigenvalue weighted by atomic mass is 9.81. The van der Waals surface area contributed by atoms with Crippen LogP contribution in [0.5, 0.6) is 0 Å². The third-order valence-corrected chi connectivity index (χ3v) is 3.23. The van der Waals surface area contributed by atoms with Crippen LogP contribution in [0.3, 0.4) is 0 Å². The molecule has 1 aliphatic carbocycles. The van der Waals surface area contributed by atoms with E-state index in [1.54, 1.807) is 0 Å². The molecule has 0 aromatic heterocycles. The zero-order valence-electron chi connectivity index (χ0n) is 9.88. The zero-order chi connectivity index (χ0) is 11.1. The number of methoxy groups -OCH3 is 1. The Labute approximate surface area is 92.1 Å². The van der Waals surface area contributed by atoms with E-state index in [9.17, 15) is 4.79 Å². The molecule has 1 fully saturated rings. The molecule has 0 amide bonds. The van der Waals surface area contributed by atoms with Crippen molar-refractivity contribution in [3.63, 3.8) is 0 Å². The van der Waals surface area contributed by atoms with Crippen molar-refractivity contribution < 1.29 is 14.3 Å². The quantitative estimate of drug-likeness (QED) is 0.660. The maximum atomic E-state index is 11.1. The average molecular weight is 214 g/mol. The zero-order valence-corrected chi connectivity index (χ0v) is 9.88. The van der Waals surface area contributed by atoms with Crippen LogP contribution in [0.15, 0.2) is 0 Å². The Morgan fingerprint density at radius 2 is 1.93 bits per heavy atom. The van der Waals surface area contributed by atoms with E-state index >= 15 is 0 Å². The van der Waals surface area contributed by atoms with Gasteiger partial charge in [-0.05, 0) is 26.2 Å². The van der Waals surface area contributed by atoms with Crippen molar-refractivity contribution in [2.45, 2.75) is 57.5 Å². The molecule has 0 unspecified atom stereocenters. The predicted molar refractivity (Wildman–Crippen MR) is 58.7 cm³/mol. The second-order valence-corrected chi connectivity index (χ2v) is 4.25. The van der Waals surface area contributed by atoms with Crippen LogP contribution >= 0.6 is 0 Å². The smallest absolute Gasteiger partial charge is 0.305 e. The van der Waals surface area contributed by atoms with Gasteiger partial charge in [-0.2, -0.15) is 0 Å². The largest absolute Gasteiger partial charge is 0.469 e. The molecule has 0 heterocycles. The lowest BCUT2D eigenvalue weighted by Gasteiger charge is -2.36. The summed E-state index contributed by atoms with van der Waals surface area (Å²) in [5.74, 6) is -0.125. The van der Waals surface area contributed by atoms with Gasteiger partial charge in [0.15, 0.2) is 0 Å². The van der Waals surface area contributed by atoms with Crippen molar-refractivity contribution in [3.8, 4) is 0 Å². The molecule has 0 N–H and O–H groups in total.